The lowest BCUT2D eigenvalue weighted by atomic mass is 10.2. The zero-order valence-electron chi connectivity index (χ0n) is 10.2. The summed E-state index contributed by atoms with van der Waals surface area (Å²) in [6, 6.07) is 22.5. The number of aryl methyl sites for hydroxylation is 1. The van der Waals surface area contributed by atoms with E-state index in [0.29, 0.717) is 0 Å². The van der Waals surface area contributed by atoms with Gasteiger partial charge in [0.25, 0.3) is 0 Å². The Hall–Kier alpha value is -1.53. The van der Waals surface area contributed by atoms with Crippen LogP contribution in [0.4, 0.5) is 0 Å². The summed E-state index contributed by atoms with van der Waals surface area (Å²) >= 11 is 4.76. The first-order valence-corrected chi connectivity index (χ1v) is 6.03. The van der Waals surface area contributed by atoms with Crippen LogP contribution in [0.5, 0.6) is 0 Å². The van der Waals surface area contributed by atoms with E-state index in [4.69, 9.17) is 11.6 Å². The van der Waals surface area contributed by atoms with Gasteiger partial charge >= 0.3 is 0 Å². The maximum Gasteiger partial charge on any atom is -0.00296 e. The maximum absolute atomic E-state index is 4.76. The molecule has 0 atom stereocenters. The lowest BCUT2D eigenvalue weighted by Crippen LogP contribution is -1.73. The number of halogens is 1. The fraction of sp³-hybridized carbons (Fsp3) is 0.125. The van der Waals surface area contributed by atoms with Gasteiger partial charge in [0.15, 0.2) is 0 Å². The van der Waals surface area contributed by atoms with Gasteiger partial charge in [0.2, 0.25) is 0 Å². The van der Waals surface area contributed by atoms with Gasteiger partial charge in [0, 0.05) is 0 Å². The monoisotopic (exact) mass is 246 g/mol. The molecule has 0 amide bonds. The van der Waals surface area contributed by atoms with Gasteiger partial charge in [-0.05, 0) is 17.5 Å². The number of benzene rings is 2. The highest BCUT2D eigenvalue weighted by Gasteiger charge is 1.79. The average molecular weight is 247 g/mol. The molecule has 1 heteroatoms. The van der Waals surface area contributed by atoms with Crippen LogP contribution in [-0.4, -0.2) is 0 Å². The summed E-state index contributed by atoms with van der Waals surface area (Å²) in [6.07, 6.45) is 1.14. The van der Waals surface area contributed by atoms with Crippen LogP contribution in [0.3, 0.4) is 0 Å². The van der Waals surface area contributed by atoms with Crippen molar-refractivity contribution in [3.05, 3.63) is 84.4 Å². The Morgan fingerprint density at radius 3 is 1.41 bits per heavy atom. The van der Waals surface area contributed by atoms with Crippen molar-refractivity contribution < 1.29 is 0 Å². The van der Waals surface area contributed by atoms with Gasteiger partial charge in [0.05, 0.1) is 0 Å². The quantitative estimate of drug-likeness (QED) is 0.640. The van der Waals surface area contributed by atoms with Crippen LogP contribution in [0.1, 0.15) is 12.5 Å². The van der Waals surface area contributed by atoms with Crippen LogP contribution < -0.4 is 0 Å². The van der Waals surface area contributed by atoms with Gasteiger partial charge in [-0.3, -0.25) is 0 Å². The molecule has 2 aromatic carbocycles. The van der Waals surface area contributed by atoms with E-state index in [1.54, 1.807) is 0 Å². The Bertz CT molecular complexity index is 327. The number of hydrogen-bond donors (Lipinski definition) is 0. The fourth-order valence-electron chi connectivity index (χ4n) is 1.10. The summed E-state index contributed by atoms with van der Waals surface area (Å²) < 4.78 is 0. The molecule has 0 aliphatic heterocycles. The molecule has 0 saturated carbocycles. The molecule has 2 rings (SSSR count). The minimum Gasteiger partial charge on any atom is -0.0936 e. The highest BCUT2D eigenvalue weighted by atomic mass is 35.5. The van der Waals surface area contributed by atoms with Gasteiger partial charge in [-0.15, -0.1) is 0 Å². The van der Waals surface area contributed by atoms with Crippen molar-refractivity contribution in [2.75, 3.05) is 0 Å². The second-order valence-corrected chi connectivity index (χ2v) is 3.46. The van der Waals surface area contributed by atoms with Crippen molar-refractivity contribution in [3.63, 3.8) is 0 Å². The predicted molar refractivity (Wildman–Crippen MR) is 78.3 cm³/mol. The molecule has 90 valence electrons. The summed E-state index contributed by atoms with van der Waals surface area (Å²) in [6.45, 7) is 5.29. The molecule has 0 N–H and O–H groups in total. The smallest absolute Gasteiger partial charge is 0.00296 e. The van der Waals surface area contributed by atoms with Crippen molar-refractivity contribution in [2.45, 2.75) is 13.3 Å². The van der Waals surface area contributed by atoms with Crippen LogP contribution in [-0.2, 0) is 6.42 Å². The van der Waals surface area contributed by atoms with Gasteiger partial charge in [0.1, 0.15) is 0 Å². The Kier molecular flexibility index (Phi) is 11.4. The number of hydrogen-bond acceptors (Lipinski definition) is 0. The van der Waals surface area contributed by atoms with E-state index < -0.39 is 0 Å². The molecule has 0 unspecified atom stereocenters. The van der Waals surface area contributed by atoms with E-state index in [1.165, 1.54) is 11.1 Å². The van der Waals surface area contributed by atoms with Crippen LogP contribution in [0.15, 0.2) is 78.8 Å². The van der Waals surface area contributed by atoms with Crippen molar-refractivity contribution in [1.82, 2.24) is 0 Å². The standard InChI is InChI=1S/C8H10.C6H6.C2H3Cl/c1-2-8-6-4-3-5-7-8;1-2-4-6-5-3-1;1-2-3/h3-7H,2H2,1H3;1-6H;2H,1H2. The molecule has 0 saturated heterocycles. The zero-order valence-corrected chi connectivity index (χ0v) is 11.0. The van der Waals surface area contributed by atoms with Crippen molar-refractivity contribution in [2.24, 2.45) is 0 Å². The molecule has 0 bridgehead atoms. The van der Waals surface area contributed by atoms with E-state index >= 15 is 0 Å². The lowest BCUT2D eigenvalue weighted by molar-refractivity contribution is 1.14. The minimum atomic E-state index is 1.14. The second kappa shape index (κ2) is 12.5. The topological polar surface area (TPSA) is 0 Å². The first-order chi connectivity index (χ1) is 8.35. The third kappa shape index (κ3) is 10.7. The molecule has 0 nitrogen and oxygen atoms in total. The Morgan fingerprint density at radius 2 is 1.18 bits per heavy atom. The highest BCUT2D eigenvalue weighted by molar-refractivity contribution is 6.25. The molecule has 17 heavy (non-hydrogen) atoms. The van der Waals surface area contributed by atoms with Gasteiger partial charge in [-0.1, -0.05) is 91.8 Å². The van der Waals surface area contributed by atoms with E-state index in [1.807, 2.05) is 42.5 Å². The van der Waals surface area contributed by atoms with E-state index in [0.717, 1.165) is 6.42 Å². The van der Waals surface area contributed by atoms with Crippen LogP contribution in [0.2, 0.25) is 0 Å². The maximum atomic E-state index is 4.76. The van der Waals surface area contributed by atoms with Crippen LogP contribution >= 0.6 is 11.6 Å². The molecule has 0 aliphatic rings. The van der Waals surface area contributed by atoms with Crippen molar-refractivity contribution in [3.8, 4) is 0 Å². The molecule has 0 spiro atoms. The molecule has 0 heterocycles. The Balaban J connectivity index is 0.000000252. The first kappa shape index (κ1) is 15.5. The molecule has 2 aromatic rings. The third-order valence-electron chi connectivity index (χ3n) is 1.92. The molecule has 0 aliphatic carbocycles. The largest absolute Gasteiger partial charge is 0.0936 e. The summed E-state index contributed by atoms with van der Waals surface area (Å²) in [5.74, 6) is 0. The first-order valence-electron chi connectivity index (χ1n) is 5.60. The minimum absolute atomic E-state index is 1.14. The number of rotatable bonds is 1. The van der Waals surface area contributed by atoms with Crippen molar-refractivity contribution in [1.29, 1.82) is 0 Å². The summed E-state index contributed by atoms with van der Waals surface area (Å²) in [5.41, 5.74) is 2.63. The molecule has 0 aromatic heterocycles. The normalized spacial score (nSPS) is 7.88. The molecular formula is C16H19Cl. The predicted octanol–water partition coefficient (Wildman–Crippen LogP) is 5.30. The SMILES string of the molecule is C=CCl.CCc1ccccc1.c1ccccc1. The summed E-state index contributed by atoms with van der Waals surface area (Å²) in [4.78, 5) is 0. The Labute approximate surface area is 110 Å². The Morgan fingerprint density at radius 1 is 0.882 bits per heavy atom. The van der Waals surface area contributed by atoms with Gasteiger partial charge < -0.3 is 0 Å². The van der Waals surface area contributed by atoms with Gasteiger partial charge in [-0.25, -0.2) is 0 Å². The summed E-state index contributed by atoms with van der Waals surface area (Å²) in [5, 5.41) is 0. The zero-order chi connectivity index (χ0) is 12.8. The average Bonchev–Trinajstić information content (AvgIpc) is 2.43. The second-order valence-electron chi connectivity index (χ2n) is 3.15. The van der Waals surface area contributed by atoms with E-state index in [2.05, 4.69) is 37.8 Å². The molecule has 0 radical (unpaired) electrons. The third-order valence-corrected chi connectivity index (χ3v) is 1.92. The van der Waals surface area contributed by atoms with E-state index in [9.17, 15) is 0 Å². The van der Waals surface area contributed by atoms with Crippen molar-refractivity contribution >= 4 is 11.6 Å². The molecule has 0 fully saturated rings. The fourth-order valence-corrected chi connectivity index (χ4v) is 1.10. The van der Waals surface area contributed by atoms with Crippen LogP contribution in [0.25, 0.3) is 0 Å². The summed E-state index contributed by atoms with van der Waals surface area (Å²) in [7, 11) is 0. The van der Waals surface area contributed by atoms with Crippen LogP contribution in [0, 0.1) is 0 Å². The van der Waals surface area contributed by atoms with Gasteiger partial charge in [-0.2, -0.15) is 0 Å². The lowest BCUT2D eigenvalue weighted by Gasteiger charge is -1.89. The van der Waals surface area contributed by atoms with E-state index in [-0.39, 0.29) is 0 Å². The molecular weight excluding hydrogens is 228 g/mol. The highest BCUT2D eigenvalue weighted by Crippen LogP contribution is 1.96.